The summed E-state index contributed by atoms with van der Waals surface area (Å²) >= 11 is 0. The molecule has 1 N–H and O–H groups in total. The molecule has 0 amide bonds. The fourth-order valence-corrected chi connectivity index (χ4v) is 3.42. The molecule has 3 unspecified atom stereocenters. The number of likely N-dealkylation sites (tertiary alicyclic amines) is 1. The van der Waals surface area contributed by atoms with E-state index < -0.39 is 0 Å². The van der Waals surface area contributed by atoms with Crippen LogP contribution in [0.2, 0.25) is 0 Å². The van der Waals surface area contributed by atoms with Crippen LogP contribution in [0.3, 0.4) is 0 Å². The molecular weight excluding hydrogens is 292 g/mol. The lowest BCUT2D eigenvalue weighted by Crippen LogP contribution is -2.41. The molecule has 124 valence electrons. The molecule has 2 heterocycles. The first-order valence-corrected chi connectivity index (χ1v) is 7.69. The molecule has 21 heavy (non-hydrogen) atoms. The van der Waals surface area contributed by atoms with Crippen LogP contribution in [0.15, 0.2) is 0 Å². The number of carbonyl (C=O) groups excluding carboxylic acids is 1. The molecule has 2 aliphatic heterocycles. The summed E-state index contributed by atoms with van der Waals surface area (Å²) in [4.78, 5) is 14.2. The summed E-state index contributed by atoms with van der Waals surface area (Å²) in [6.07, 6.45) is 2.86. The molecule has 0 radical (unpaired) electrons. The topological polar surface area (TPSA) is 50.8 Å². The summed E-state index contributed by atoms with van der Waals surface area (Å²) in [5.41, 5.74) is 0.315. The number of hydrogen-bond donors (Lipinski definition) is 1. The Morgan fingerprint density at radius 1 is 1.48 bits per heavy atom. The van der Waals surface area contributed by atoms with Crippen molar-refractivity contribution in [3.05, 3.63) is 0 Å². The Bertz CT molecular complexity index is 335. The molecule has 0 aromatic carbocycles. The van der Waals surface area contributed by atoms with Gasteiger partial charge in [-0.05, 0) is 31.7 Å². The third-order valence-electron chi connectivity index (χ3n) is 4.57. The van der Waals surface area contributed by atoms with Crippen LogP contribution in [-0.2, 0) is 14.3 Å². The van der Waals surface area contributed by atoms with Gasteiger partial charge in [0.05, 0.1) is 19.1 Å². The van der Waals surface area contributed by atoms with E-state index in [0.29, 0.717) is 18.4 Å². The Kier molecular flexibility index (Phi) is 7.40. The molecule has 2 aliphatic rings. The standard InChI is InChI=1S/C15H28N2O3.ClH/c1-4-20-14(18)8-12-7-13(19-3)9-17(12)11-15(2)5-6-16-10-15;/h12-13,16H,4-11H2,1-3H3;1H. The van der Waals surface area contributed by atoms with Crippen molar-refractivity contribution < 1.29 is 14.3 Å². The molecule has 0 aromatic heterocycles. The number of methoxy groups -OCH3 is 1. The van der Waals surface area contributed by atoms with Gasteiger partial charge >= 0.3 is 5.97 Å². The Hall–Kier alpha value is -0.360. The van der Waals surface area contributed by atoms with Crippen LogP contribution in [0, 0.1) is 5.41 Å². The van der Waals surface area contributed by atoms with Crippen molar-refractivity contribution in [3.63, 3.8) is 0 Å². The molecule has 6 heteroatoms. The highest BCUT2D eigenvalue weighted by Gasteiger charge is 2.39. The third kappa shape index (κ3) is 5.09. The van der Waals surface area contributed by atoms with E-state index in [4.69, 9.17) is 9.47 Å². The van der Waals surface area contributed by atoms with Gasteiger partial charge in [-0.1, -0.05) is 6.92 Å². The average Bonchev–Trinajstić information content (AvgIpc) is 2.98. The molecule has 2 rings (SSSR count). The lowest BCUT2D eigenvalue weighted by atomic mass is 9.89. The van der Waals surface area contributed by atoms with Gasteiger partial charge in [0.1, 0.15) is 0 Å². The predicted molar refractivity (Wildman–Crippen MR) is 84.9 cm³/mol. The molecule has 2 fully saturated rings. The number of halogens is 1. The lowest BCUT2D eigenvalue weighted by molar-refractivity contribution is -0.144. The Morgan fingerprint density at radius 2 is 2.24 bits per heavy atom. The highest BCUT2D eigenvalue weighted by atomic mass is 35.5. The number of ether oxygens (including phenoxy) is 2. The predicted octanol–water partition coefficient (Wildman–Crippen LogP) is 1.45. The maximum absolute atomic E-state index is 11.8. The van der Waals surface area contributed by atoms with Gasteiger partial charge in [0.25, 0.3) is 0 Å². The number of rotatable bonds is 6. The van der Waals surface area contributed by atoms with Gasteiger partial charge in [-0.15, -0.1) is 12.4 Å². The van der Waals surface area contributed by atoms with E-state index in [1.807, 2.05) is 6.92 Å². The van der Waals surface area contributed by atoms with Crippen molar-refractivity contribution in [1.29, 1.82) is 0 Å². The third-order valence-corrected chi connectivity index (χ3v) is 4.57. The Balaban J connectivity index is 0.00000220. The van der Waals surface area contributed by atoms with Crippen molar-refractivity contribution >= 4 is 18.4 Å². The normalized spacial score (nSPS) is 32.9. The van der Waals surface area contributed by atoms with Gasteiger partial charge in [0.2, 0.25) is 0 Å². The van der Waals surface area contributed by atoms with Crippen LogP contribution in [0.25, 0.3) is 0 Å². The van der Waals surface area contributed by atoms with E-state index in [2.05, 4.69) is 17.1 Å². The second-order valence-electron chi connectivity index (χ2n) is 6.42. The first-order chi connectivity index (χ1) is 9.56. The molecular formula is C15H29ClN2O3. The maximum atomic E-state index is 11.8. The van der Waals surface area contributed by atoms with E-state index in [9.17, 15) is 4.79 Å². The first-order valence-electron chi connectivity index (χ1n) is 7.69. The van der Waals surface area contributed by atoms with Crippen LogP contribution >= 0.6 is 12.4 Å². The Labute approximate surface area is 134 Å². The van der Waals surface area contributed by atoms with Crippen molar-refractivity contribution in [3.8, 4) is 0 Å². The van der Waals surface area contributed by atoms with E-state index >= 15 is 0 Å². The Morgan fingerprint density at radius 3 is 2.81 bits per heavy atom. The molecule has 0 spiro atoms. The number of nitrogens with zero attached hydrogens (tertiary/aromatic N) is 1. The van der Waals surface area contributed by atoms with Crippen molar-refractivity contribution in [2.75, 3.05) is 39.9 Å². The minimum Gasteiger partial charge on any atom is -0.466 e. The average molecular weight is 321 g/mol. The van der Waals surface area contributed by atoms with E-state index in [0.717, 1.165) is 32.6 Å². The van der Waals surface area contributed by atoms with Crippen molar-refractivity contribution in [2.24, 2.45) is 5.41 Å². The van der Waals surface area contributed by atoms with E-state index in [1.165, 1.54) is 6.42 Å². The maximum Gasteiger partial charge on any atom is 0.307 e. The molecule has 0 saturated carbocycles. The molecule has 3 atom stereocenters. The van der Waals surface area contributed by atoms with Gasteiger partial charge in [-0.2, -0.15) is 0 Å². The largest absolute Gasteiger partial charge is 0.466 e. The number of hydrogen-bond acceptors (Lipinski definition) is 5. The minimum absolute atomic E-state index is 0. The summed E-state index contributed by atoms with van der Waals surface area (Å²) in [5, 5.41) is 3.44. The van der Waals surface area contributed by atoms with E-state index in [-0.39, 0.29) is 30.5 Å². The van der Waals surface area contributed by atoms with Gasteiger partial charge < -0.3 is 14.8 Å². The zero-order chi connectivity index (χ0) is 14.6. The number of carbonyl (C=O) groups is 1. The zero-order valence-corrected chi connectivity index (χ0v) is 14.2. The second-order valence-corrected chi connectivity index (χ2v) is 6.42. The van der Waals surface area contributed by atoms with Crippen LogP contribution in [0.1, 0.15) is 33.1 Å². The fourth-order valence-electron chi connectivity index (χ4n) is 3.42. The highest BCUT2D eigenvalue weighted by Crippen LogP contribution is 2.31. The molecule has 2 saturated heterocycles. The fraction of sp³-hybridized carbons (Fsp3) is 0.933. The van der Waals surface area contributed by atoms with Crippen molar-refractivity contribution in [2.45, 2.75) is 45.3 Å². The SMILES string of the molecule is CCOC(=O)CC1CC(OC)CN1CC1(C)CCNC1.Cl. The highest BCUT2D eigenvalue weighted by molar-refractivity contribution is 5.85. The summed E-state index contributed by atoms with van der Waals surface area (Å²) in [6.45, 7) is 8.76. The number of nitrogens with one attached hydrogen (secondary N) is 1. The quantitative estimate of drug-likeness (QED) is 0.751. The summed E-state index contributed by atoms with van der Waals surface area (Å²) in [7, 11) is 1.76. The second kappa shape index (κ2) is 8.32. The monoisotopic (exact) mass is 320 g/mol. The van der Waals surface area contributed by atoms with Gasteiger partial charge in [0.15, 0.2) is 0 Å². The molecule has 0 bridgehead atoms. The molecule has 5 nitrogen and oxygen atoms in total. The minimum atomic E-state index is -0.0889. The van der Waals surface area contributed by atoms with Crippen LogP contribution in [0.4, 0.5) is 0 Å². The number of esters is 1. The smallest absolute Gasteiger partial charge is 0.307 e. The zero-order valence-electron chi connectivity index (χ0n) is 13.4. The summed E-state index contributed by atoms with van der Waals surface area (Å²) < 4.78 is 10.6. The molecule has 0 aliphatic carbocycles. The van der Waals surface area contributed by atoms with Crippen molar-refractivity contribution in [1.82, 2.24) is 10.2 Å². The molecule has 0 aromatic rings. The summed E-state index contributed by atoms with van der Waals surface area (Å²) in [5.74, 6) is -0.0889. The lowest BCUT2D eigenvalue weighted by Gasteiger charge is -2.32. The van der Waals surface area contributed by atoms with Crippen LogP contribution in [-0.4, -0.2) is 62.9 Å². The van der Waals surface area contributed by atoms with Gasteiger partial charge in [-0.25, -0.2) is 0 Å². The van der Waals surface area contributed by atoms with Gasteiger partial charge in [-0.3, -0.25) is 9.69 Å². The van der Waals surface area contributed by atoms with Crippen LogP contribution < -0.4 is 5.32 Å². The summed E-state index contributed by atoms with van der Waals surface area (Å²) in [6, 6.07) is 0.261. The van der Waals surface area contributed by atoms with Crippen LogP contribution in [0.5, 0.6) is 0 Å². The first kappa shape index (κ1) is 18.7. The van der Waals surface area contributed by atoms with Gasteiger partial charge in [0, 0.05) is 32.8 Å². The van der Waals surface area contributed by atoms with E-state index in [1.54, 1.807) is 7.11 Å².